The minimum absolute atomic E-state index is 0. The summed E-state index contributed by atoms with van der Waals surface area (Å²) in [6.45, 7) is 0.160. The van der Waals surface area contributed by atoms with Crippen LogP contribution in [-0.2, 0) is 19.5 Å². The number of carbonyl (C=O) groups excluding carboxylic acids is 2. The number of carbonyl (C=O) groups is 2. The predicted molar refractivity (Wildman–Crippen MR) is 65.4 cm³/mol. The fourth-order valence-corrected chi connectivity index (χ4v) is 2.74. The van der Waals surface area contributed by atoms with E-state index < -0.39 is 34.4 Å². The van der Waals surface area contributed by atoms with Gasteiger partial charge in [0.15, 0.2) is 0 Å². The van der Waals surface area contributed by atoms with E-state index in [0.717, 1.165) is 0 Å². The molecule has 0 aliphatic carbocycles. The molecule has 12 heteroatoms. The van der Waals surface area contributed by atoms with Gasteiger partial charge >= 0.3 is 46.0 Å². The van der Waals surface area contributed by atoms with Crippen molar-refractivity contribution in [3.05, 3.63) is 5.43 Å². The van der Waals surface area contributed by atoms with E-state index in [-0.39, 0.29) is 36.1 Å². The van der Waals surface area contributed by atoms with E-state index >= 15 is 0 Å². The second kappa shape index (κ2) is 6.77. The fraction of sp³-hybridized carbons (Fsp3) is 0.778. The van der Waals surface area contributed by atoms with Crippen molar-refractivity contribution in [1.29, 1.82) is 0 Å². The normalized spacial score (nSPS) is 25.0. The molecular weight excluding hydrogens is 315 g/mol. The molecule has 0 saturated carbocycles. The number of urea groups is 1. The maximum Gasteiger partial charge on any atom is 1.00 e. The molecule has 2 heterocycles. The first kappa shape index (κ1) is 18.6. The second-order valence-electron chi connectivity index (χ2n) is 4.80. The fourth-order valence-electron chi connectivity index (χ4n) is 2.35. The summed E-state index contributed by atoms with van der Waals surface area (Å²) in [6, 6.07) is -2.01. The zero-order valence-electron chi connectivity index (χ0n) is 12.0. The van der Waals surface area contributed by atoms with Crippen LogP contribution in [0, 0.1) is 0 Å². The number of fused-ring (bicyclic) bond motifs is 2. The first-order valence-electron chi connectivity index (χ1n) is 5.88. The van der Waals surface area contributed by atoms with Gasteiger partial charge in [0.2, 0.25) is 0 Å². The van der Waals surface area contributed by atoms with Crippen molar-refractivity contribution in [2.75, 3.05) is 20.6 Å². The first-order chi connectivity index (χ1) is 9.19. The van der Waals surface area contributed by atoms with Gasteiger partial charge in [-0.25, -0.2) is 4.79 Å². The quantitative estimate of drug-likeness (QED) is 0.321. The molecule has 1 N–H and O–H groups in total. The van der Waals surface area contributed by atoms with Gasteiger partial charge in [-0.3, -0.25) is 4.55 Å². The minimum atomic E-state index is -4.77. The SMILES string of the molecule is CN(C)[N-]C(=O)C1CCC2CN1C(=O)N2OS(=O)(=O)O.[Na+]. The molecule has 0 aromatic heterocycles. The van der Waals surface area contributed by atoms with Crippen LogP contribution < -0.4 is 29.6 Å². The van der Waals surface area contributed by atoms with E-state index in [9.17, 15) is 18.0 Å². The maximum atomic E-state index is 12.0. The van der Waals surface area contributed by atoms with Crippen LogP contribution in [0.2, 0.25) is 0 Å². The molecule has 0 radical (unpaired) electrons. The molecule has 2 atom stereocenters. The molecule has 0 aromatic rings. The number of nitrogens with zero attached hydrogens (tertiary/aromatic N) is 4. The van der Waals surface area contributed by atoms with E-state index in [1.165, 1.54) is 9.91 Å². The number of hydrogen-bond donors (Lipinski definition) is 1. The van der Waals surface area contributed by atoms with Crippen LogP contribution in [-0.4, -0.2) is 72.6 Å². The Morgan fingerprint density at radius 1 is 1.43 bits per heavy atom. The summed E-state index contributed by atoms with van der Waals surface area (Å²) in [7, 11) is -1.60. The summed E-state index contributed by atoms with van der Waals surface area (Å²) < 4.78 is 34.3. The second-order valence-corrected chi connectivity index (χ2v) is 5.80. The molecule has 2 saturated heterocycles. The van der Waals surface area contributed by atoms with Crippen LogP contribution in [0.15, 0.2) is 0 Å². The van der Waals surface area contributed by atoms with Crippen molar-refractivity contribution in [1.82, 2.24) is 15.0 Å². The Balaban J connectivity index is 0.00000220. The van der Waals surface area contributed by atoms with Gasteiger partial charge in [-0.05, 0) is 26.9 Å². The monoisotopic (exact) mass is 330 g/mol. The molecule has 3 amide bonds. The van der Waals surface area contributed by atoms with Crippen molar-refractivity contribution >= 4 is 22.3 Å². The van der Waals surface area contributed by atoms with Crippen LogP contribution in [0.1, 0.15) is 12.8 Å². The van der Waals surface area contributed by atoms with E-state index in [4.69, 9.17) is 4.55 Å². The Morgan fingerprint density at radius 2 is 2.05 bits per heavy atom. The van der Waals surface area contributed by atoms with Gasteiger partial charge in [0.1, 0.15) is 0 Å². The van der Waals surface area contributed by atoms with E-state index in [0.29, 0.717) is 17.9 Å². The zero-order chi connectivity index (χ0) is 15.1. The van der Waals surface area contributed by atoms with Crippen molar-refractivity contribution < 1.29 is 56.4 Å². The Hall–Kier alpha value is -0.430. The number of hydroxylamine groups is 2. The third-order valence-corrected chi connectivity index (χ3v) is 3.43. The van der Waals surface area contributed by atoms with Crippen molar-refractivity contribution in [3.8, 4) is 0 Å². The minimum Gasteiger partial charge on any atom is -0.587 e. The molecule has 2 fully saturated rings. The smallest absolute Gasteiger partial charge is 0.587 e. The number of hydrogen-bond acceptors (Lipinski definition) is 6. The summed E-state index contributed by atoms with van der Waals surface area (Å²) in [6.07, 6.45) is 0.745. The van der Waals surface area contributed by atoms with Gasteiger partial charge in [0.25, 0.3) is 0 Å². The van der Waals surface area contributed by atoms with Gasteiger partial charge < -0.3 is 20.1 Å². The summed E-state index contributed by atoms with van der Waals surface area (Å²) in [5.41, 5.74) is 3.73. The molecule has 2 aliphatic heterocycles. The molecule has 21 heavy (non-hydrogen) atoms. The van der Waals surface area contributed by atoms with Gasteiger partial charge in [-0.15, -0.1) is 4.28 Å². The molecule has 2 rings (SSSR count). The topological polar surface area (TPSA) is 122 Å². The van der Waals surface area contributed by atoms with Crippen LogP contribution >= 0.6 is 0 Å². The van der Waals surface area contributed by atoms with Crippen LogP contribution in [0.5, 0.6) is 0 Å². The van der Waals surface area contributed by atoms with E-state index in [1.54, 1.807) is 14.1 Å². The van der Waals surface area contributed by atoms with E-state index in [2.05, 4.69) is 9.71 Å². The average Bonchev–Trinajstić information content (AvgIpc) is 2.52. The molecular formula is C9H15N4NaO6S. The molecule has 0 aromatic carbocycles. The maximum absolute atomic E-state index is 12.0. The molecule has 2 unspecified atom stereocenters. The van der Waals surface area contributed by atoms with Crippen molar-refractivity contribution in [2.45, 2.75) is 24.9 Å². The molecule has 114 valence electrons. The third-order valence-electron chi connectivity index (χ3n) is 3.08. The Labute approximate surface area is 144 Å². The van der Waals surface area contributed by atoms with Crippen molar-refractivity contribution in [2.24, 2.45) is 0 Å². The summed E-state index contributed by atoms with van der Waals surface area (Å²) in [5, 5.41) is 1.93. The molecule has 0 spiro atoms. The molecule has 10 nitrogen and oxygen atoms in total. The summed E-state index contributed by atoms with van der Waals surface area (Å²) in [4.78, 5) is 25.1. The first-order valence-corrected chi connectivity index (χ1v) is 7.25. The number of piperidine rings is 1. The zero-order valence-corrected chi connectivity index (χ0v) is 14.8. The summed E-state index contributed by atoms with van der Waals surface area (Å²) in [5.74, 6) is -0.476. The van der Waals surface area contributed by atoms with Crippen LogP contribution in [0.4, 0.5) is 4.79 Å². The van der Waals surface area contributed by atoms with Gasteiger partial charge in [-0.1, -0.05) is 0 Å². The van der Waals surface area contributed by atoms with Crippen molar-refractivity contribution in [3.63, 3.8) is 0 Å². The average molecular weight is 330 g/mol. The Morgan fingerprint density at radius 3 is 2.57 bits per heavy atom. The van der Waals surface area contributed by atoms with E-state index in [1.807, 2.05) is 0 Å². The standard InChI is InChI=1S/C9H16N4O6S.Na/c1-11(2)10-8(14)7-4-3-6-5-12(7)9(15)13(6)19-20(16,17)18;/h6-7H,3-5H2,1-2H3,(H2,10,14,16,17,18);/q;+1/p-1. The number of rotatable bonds is 4. The van der Waals surface area contributed by atoms with Gasteiger partial charge in [0.05, 0.1) is 18.0 Å². The molecule has 2 bridgehead atoms. The number of amides is 3. The van der Waals surface area contributed by atoms with Crippen LogP contribution in [0.25, 0.3) is 5.43 Å². The van der Waals surface area contributed by atoms with Gasteiger partial charge in [0, 0.05) is 6.54 Å². The largest absolute Gasteiger partial charge is 1.00 e. The van der Waals surface area contributed by atoms with Crippen LogP contribution in [0.3, 0.4) is 0 Å². The van der Waals surface area contributed by atoms with Gasteiger partial charge in [-0.2, -0.15) is 13.5 Å². The Kier molecular flexibility index (Phi) is 6.00. The Bertz CT molecular complexity index is 526. The predicted octanol–water partition coefficient (Wildman–Crippen LogP) is -3.63. The summed E-state index contributed by atoms with van der Waals surface area (Å²) >= 11 is 0. The molecule has 2 aliphatic rings. The third kappa shape index (κ3) is 4.28.